The first-order valence-electron chi connectivity index (χ1n) is 8.01. The molecule has 0 radical (unpaired) electrons. The fourth-order valence-corrected chi connectivity index (χ4v) is 2.93. The number of rotatable bonds is 4. The molecule has 1 aliphatic rings. The van der Waals surface area contributed by atoms with Gasteiger partial charge in [-0.25, -0.2) is 14.2 Å². The number of aromatic nitrogens is 2. The first kappa shape index (κ1) is 16.0. The predicted molar refractivity (Wildman–Crippen MR) is 94.3 cm³/mol. The zero-order valence-electron chi connectivity index (χ0n) is 14.2. The zero-order valence-corrected chi connectivity index (χ0v) is 14.2. The molecule has 2 heterocycles. The van der Waals surface area contributed by atoms with Gasteiger partial charge >= 0.3 is 11.9 Å². The molecule has 0 fully saturated rings. The van der Waals surface area contributed by atoms with Gasteiger partial charge in [-0.2, -0.15) is 0 Å². The number of nitrogens with zero attached hydrogens (tertiary/aromatic N) is 3. The summed E-state index contributed by atoms with van der Waals surface area (Å²) in [4.78, 5) is 26.4. The molecule has 0 unspecified atom stereocenters. The van der Waals surface area contributed by atoms with Gasteiger partial charge in [0.05, 0.1) is 11.1 Å². The van der Waals surface area contributed by atoms with Gasteiger partial charge in [-0.3, -0.25) is 0 Å². The molecule has 0 aliphatic carbocycles. The highest BCUT2D eigenvalue weighted by atomic mass is 16.6. The van der Waals surface area contributed by atoms with Crippen molar-refractivity contribution in [3.63, 3.8) is 0 Å². The normalized spacial score (nSPS) is 14.2. The lowest BCUT2D eigenvalue weighted by Gasteiger charge is -2.12. The van der Waals surface area contributed by atoms with Gasteiger partial charge in [0.2, 0.25) is 0 Å². The number of fused-ring (bicyclic) bond motifs is 1. The molecule has 0 bridgehead atoms. The van der Waals surface area contributed by atoms with E-state index in [1.807, 2.05) is 43.3 Å². The maximum Gasteiger partial charge on any atom is 0.347 e. The van der Waals surface area contributed by atoms with Crippen LogP contribution in [0.3, 0.4) is 0 Å². The molecule has 1 aliphatic heterocycles. The molecular formula is C19H15N3O4. The summed E-state index contributed by atoms with van der Waals surface area (Å²) in [5.74, 6) is -1.26. The molecule has 4 rings (SSSR count). The Morgan fingerprint density at radius 2 is 1.65 bits per heavy atom. The Kier molecular flexibility index (Phi) is 3.76. The van der Waals surface area contributed by atoms with Crippen LogP contribution >= 0.6 is 0 Å². The Labute approximate surface area is 148 Å². The number of cyclic esters (lactones) is 2. The molecule has 7 heteroatoms. The van der Waals surface area contributed by atoms with Crippen molar-refractivity contribution in [1.82, 2.24) is 10.3 Å². The number of esters is 2. The second-order valence-electron chi connectivity index (χ2n) is 6.24. The third-order valence-corrected chi connectivity index (χ3v) is 4.31. The SMILES string of the molecule is CN(C)c1ccc(CC2=C(c3ccc4nonc4c3)C(=O)OC2=O)cc1. The molecule has 0 saturated heterocycles. The van der Waals surface area contributed by atoms with Crippen molar-refractivity contribution in [2.24, 2.45) is 0 Å². The van der Waals surface area contributed by atoms with Gasteiger partial charge in [0, 0.05) is 26.2 Å². The van der Waals surface area contributed by atoms with Crippen LogP contribution in [-0.4, -0.2) is 36.3 Å². The third kappa shape index (κ3) is 2.73. The number of ether oxygens (including phenoxy) is 1. The average Bonchev–Trinajstić information content (AvgIpc) is 3.19. The van der Waals surface area contributed by atoms with Crippen LogP contribution in [0.2, 0.25) is 0 Å². The van der Waals surface area contributed by atoms with Crippen molar-refractivity contribution in [3.8, 4) is 0 Å². The Morgan fingerprint density at radius 3 is 2.38 bits per heavy atom. The Balaban J connectivity index is 1.74. The highest BCUT2D eigenvalue weighted by Crippen LogP contribution is 2.31. The molecule has 0 amide bonds. The summed E-state index contributed by atoms with van der Waals surface area (Å²) in [6.45, 7) is 0. The second-order valence-corrected chi connectivity index (χ2v) is 6.24. The van der Waals surface area contributed by atoms with E-state index in [0.29, 0.717) is 28.6 Å². The van der Waals surface area contributed by atoms with Crippen molar-refractivity contribution in [3.05, 3.63) is 59.2 Å². The van der Waals surface area contributed by atoms with E-state index in [1.165, 1.54) is 0 Å². The minimum Gasteiger partial charge on any atom is -0.386 e. The van der Waals surface area contributed by atoms with Crippen LogP contribution in [0.25, 0.3) is 16.6 Å². The third-order valence-electron chi connectivity index (χ3n) is 4.31. The van der Waals surface area contributed by atoms with Gasteiger partial charge in [-0.15, -0.1) is 0 Å². The highest BCUT2D eigenvalue weighted by molar-refractivity contribution is 6.31. The quantitative estimate of drug-likeness (QED) is 0.528. The van der Waals surface area contributed by atoms with Crippen LogP contribution in [0.1, 0.15) is 11.1 Å². The molecule has 130 valence electrons. The summed E-state index contributed by atoms with van der Waals surface area (Å²) in [5.41, 5.74) is 4.21. The van der Waals surface area contributed by atoms with Crippen molar-refractivity contribution >= 4 is 34.2 Å². The van der Waals surface area contributed by atoms with E-state index in [1.54, 1.807) is 18.2 Å². The minimum atomic E-state index is -0.647. The fourth-order valence-electron chi connectivity index (χ4n) is 2.93. The minimum absolute atomic E-state index is 0.261. The van der Waals surface area contributed by atoms with Crippen LogP contribution in [-0.2, 0) is 20.7 Å². The number of anilines is 1. The van der Waals surface area contributed by atoms with E-state index in [0.717, 1.165) is 11.3 Å². The van der Waals surface area contributed by atoms with Crippen molar-refractivity contribution in [2.45, 2.75) is 6.42 Å². The zero-order chi connectivity index (χ0) is 18.3. The second kappa shape index (κ2) is 6.11. The van der Waals surface area contributed by atoms with E-state index >= 15 is 0 Å². The van der Waals surface area contributed by atoms with E-state index in [-0.39, 0.29) is 5.57 Å². The Morgan fingerprint density at radius 1 is 0.923 bits per heavy atom. The van der Waals surface area contributed by atoms with Crippen molar-refractivity contribution in [2.75, 3.05) is 19.0 Å². The van der Waals surface area contributed by atoms with E-state index in [2.05, 4.69) is 14.9 Å². The fraction of sp³-hybridized carbons (Fsp3) is 0.158. The van der Waals surface area contributed by atoms with Crippen LogP contribution in [0.5, 0.6) is 0 Å². The summed E-state index contributed by atoms with van der Waals surface area (Å²) in [7, 11) is 3.91. The van der Waals surface area contributed by atoms with Crippen LogP contribution in [0.4, 0.5) is 5.69 Å². The average molecular weight is 349 g/mol. The molecule has 0 spiro atoms. The van der Waals surface area contributed by atoms with Crippen LogP contribution in [0.15, 0.2) is 52.7 Å². The number of hydrogen-bond acceptors (Lipinski definition) is 7. The number of benzene rings is 2. The summed E-state index contributed by atoms with van der Waals surface area (Å²) >= 11 is 0. The van der Waals surface area contributed by atoms with Gasteiger partial charge in [-0.1, -0.05) is 18.2 Å². The van der Waals surface area contributed by atoms with E-state index in [4.69, 9.17) is 4.74 Å². The summed E-state index contributed by atoms with van der Waals surface area (Å²) in [6, 6.07) is 12.8. The molecule has 7 nitrogen and oxygen atoms in total. The summed E-state index contributed by atoms with van der Waals surface area (Å²) in [6.07, 6.45) is 0.308. The molecule has 0 N–H and O–H groups in total. The maximum absolute atomic E-state index is 12.2. The first-order valence-corrected chi connectivity index (χ1v) is 8.01. The first-order chi connectivity index (χ1) is 12.5. The number of carbonyl (C=O) groups excluding carboxylic acids is 2. The lowest BCUT2D eigenvalue weighted by molar-refractivity contribution is -0.150. The smallest absolute Gasteiger partial charge is 0.347 e. The van der Waals surface area contributed by atoms with E-state index < -0.39 is 11.9 Å². The van der Waals surface area contributed by atoms with Gasteiger partial charge < -0.3 is 9.64 Å². The van der Waals surface area contributed by atoms with Crippen LogP contribution in [0, 0.1) is 0 Å². The Bertz CT molecular complexity index is 1050. The van der Waals surface area contributed by atoms with E-state index in [9.17, 15) is 9.59 Å². The molecule has 0 saturated carbocycles. The standard InChI is InChI=1S/C19H15N3O4/c1-22(2)13-6-3-11(4-7-13)9-14-17(19(24)25-18(14)23)12-5-8-15-16(10-12)21-26-20-15/h3-8,10H,9H2,1-2H3. The van der Waals surface area contributed by atoms with Crippen LogP contribution < -0.4 is 4.90 Å². The van der Waals surface area contributed by atoms with Gasteiger partial charge in [-0.05, 0) is 45.7 Å². The maximum atomic E-state index is 12.2. The lowest BCUT2D eigenvalue weighted by Crippen LogP contribution is -2.08. The molecule has 3 aromatic rings. The molecule has 1 aromatic heterocycles. The molecular weight excluding hydrogens is 334 g/mol. The molecule has 2 aromatic carbocycles. The lowest BCUT2D eigenvalue weighted by atomic mass is 9.96. The van der Waals surface area contributed by atoms with Crippen molar-refractivity contribution in [1.29, 1.82) is 0 Å². The predicted octanol–water partition coefficient (Wildman–Crippen LogP) is 2.37. The van der Waals surface area contributed by atoms with Crippen molar-refractivity contribution < 1.29 is 19.0 Å². The summed E-state index contributed by atoms with van der Waals surface area (Å²) < 4.78 is 9.53. The monoisotopic (exact) mass is 349 g/mol. The van der Waals surface area contributed by atoms with Gasteiger partial charge in [0.1, 0.15) is 11.0 Å². The summed E-state index contributed by atoms with van der Waals surface area (Å²) in [5, 5.41) is 7.52. The van der Waals surface area contributed by atoms with Gasteiger partial charge in [0.15, 0.2) is 0 Å². The van der Waals surface area contributed by atoms with Gasteiger partial charge in [0.25, 0.3) is 0 Å². The highest BCUT2D eigenvalue weighted by Gasteiger charge is 2.34. The largest absolute Gasteiger partial charge is 0.386 e. The number of hydrogen-bond donors (Lipinski definition) is 0. The topological polar surface area (TPSA) is 85.5 Å². The number of carbonyl (C=O) groups is 2. The molecule has 26 heavy (non-hydrogen) atoms. The Hall–Kier alpha value is -3.48. The molecule has 0 atom stereocenters.